The fraction of sp³-hybridized carbons (Fsp3) is 0.571. The van der Waals surface area contributed by atoms with Crippen LogP contribution in [0.4, 0.5) is 0 Å². The number of hydrogen-bond donors (Lipinski definition) is 2. The Balaban J connectivity index is 2.76. The molecule has 0 fully saturated rings. The van der Waals surface area contributed by atoms with Gasteiger partial charge in [0.05, 0.1) is 6.10 Å². The molecule has 0 radical (unpaired) electrons. The summed E-state index contributed by atoms with van der Waals surface area (Å²) in [5.41, 5.74) is 9.51. The van der Waals surface area contributed by atoms with Gasteiger partial charge in [0.1, 0.15) is 0 Å². The molecule has 1 aromatic rings. The van der Waals surface area contributed by atoms with Crippen molar-refractivity contribution >= 4 is 0 Å². The maximum atomic E-state index is 9.77. The normalized spacial score (nSPS) is 16.9. The maximum Gasteiger partial charge on any atom is 0.0694 e. The van der Waals surface area contributed by atoms with Gasteiger partial charge in [-0.1, -0.05) is 36.2 Å². The van der Waals surface area contributed by atoms with E-state index in [4.69, 9.17) is 5.73 Å². The van der Waals surface area contributed by atoms with Crippen molar-refractivity contribution in [3.63, 3.8) is 0 Å². The zero-order chi connectivity index (χ0) is 12.3. The number of aliphatic hydroxyl groups is 1. The van der Waals surface area contributed by atoms with Crippen molar-refractivity contribution in [1.82, 2.24) is 0 Å². The molecule has 0 aliphatic rings. The van der Waals surface area contributed by atoms with Gasteiger partial charge in [0.15, 0.2) is 0 Å². The summed E-state index contributed by atoms with van der Waals surface area (Å²) < 4.78 is 0. The first-order chi connectivity index (χ1) is 7.40. The number of hydrogen-bond acceptors (Lipinski definition) is 2. The highest BCUT2D eigenvalue weighted by atomic mass is 16.3. The minimum Gasteiger partial charge on any atom is -0.392 e. The first kappa shape index (κ1) is 13.2. The van der Waals surface area contributed by atoms with Crippen LogP contribution in [0.25, 0.3) is 0 Å². The van der Waals surface area contributed by atoms with Gasteiger partial charge in [-0.2, -0.15) is 0 Å². The molecule has 0 aliphatic heterocycles. The first-order valence-electron chi connectivity index (χ1n) is 5.92. The molecule has 0 heterocycles. The fourth-order valence-electron chi connectivity index (χ4n) is 2.01. The van der Waals surface area contributed by atoms with Gasteiger partial charge in [0.25, 0.3) is 0 Å². The Morgan fingerprint density at radius 1 is 1.12 bits per heavy atom. The number of aliphatic hydroxyl groups excluding tert-OH is 1. The standard InChI is InChI=1S/C14H23NO/c1-9-5-10(2)7-13(6-9)11(3)8-14(16)12(4)15/h5-7,11-12,14,16H,8,15H2,1-4H3. The van der Waals surface area contributed by atoms with Gasteiger partial charge >= 0.3 is 0 Å². The van der Waals surface area contributed by atoms with Crippen LogP contribution in [-0.2, 0) is 0 Å². The Morgan fingerprint density at radius 2 is 1.62 bits per heavy atom. The van der Waals surface area contributed by atoms with Crippen LogP contribution in [0.3, 0.4) is 0 Å². The molecule has 0 aliphatic carbocycles. The molecule has 3 atom stereocenters. The van der Waals surface area contributed by atoms with E-state index in [0.717, 1.165) is 6.42 Å². The van der Waals surface area contributed by atoms with Gasteiger partial charge < -0.3 is 10.8 Å². The van der Waals surface area contributed by atoms with Gasteiger partial charge in [-0.15, -0.1) is 0 Å². The minimum absolute atomic E-state index is 0.159. The second-order valence-electron chi connectivity index (χ2n) is 4.98. The number of benzene rings is 1. The molecule has 0 bridgehead atoms. The Morgan fingerprint density at radius 3 is 2.06 bits per heavy atom. The second kappa shape index (κ2) is 5.46. The zero-order valence-electron chi connectivity index (χ0n) is 10.7. The quantitative estimate of drug-likeness (QED) is 0.820. The Kier molecular flexibility index (Phi) is 4.51. The van der Waals surface area contributed by atoms with Crippen LogP contribution in [-0.4, -0.2) is 17.3 Å². The molecular weight excluding hydrogens is 198 g/mol. The third-order valence-electron chi connectivity index (χ3n) is 3.02. The predicted molar refractivity (Wildman–Crippen MR) is 68.6 cm³/mol. The Hall–Kier alpha value is -0.860. The predicted octanol–water partition coefficient (Wildman–Crippen LogP) is 2.51. The summed E-state index contributed by atoms with van der Waals surface area (Å²) >= 11 is 0. The average molecular weight is 221 g/mol. The summed E-state index contributed by atoms with van der Waals surface area (Å²) in [6.45, 7) is 8.19. The van der Waals surface area contributed by atoms with Crippen LogP contribution < -0.4 is 5.73 Å². The molecule has 3 N–H and O–H groups in total. The van der Waals surface area contributed by atoms with Gasteiger partial charge in [0.2, 0.25) is 0 Å². The fourth-order valence-corrected chi connectivity index (χ4v) is 2.01. The van der Waals surface area contributed by atoms with E-state index in [1.165, 1.54) is 16.7 Å². The van der Waals surface area contributed by atoms with E-state index in [1.807, 2.05) is 6.92 Å². The summed E-state index contributed by atoms with van der Waals surface area (Å²) in [4.78, 5) is 0. The van der Waals surface area contributed by atoms with Crippen LogP contribution in [0.5, 0.6) is 0 Å². The van der Waals surface area contributed by atoms with Gasteiger partial charge in [-0.05, 0) is 38.7 Å². The van der Waals surface area contributed by atoms with Crippen molar-refractivity contribution in [2.45, 2.75) is 52.2 Å². The van der Waals surface area contributed by atoms with Crippen molar-refractivity contribution < 1.29 is 5.11 Å². The Labute approximate surface area is 98.5 Å². The summed E-state index contributed by atoms with van der Waals surface area (Å²) in [5.74, 6) is 0.347. The highest BCUT2D eigenvalue weighted by Gasteiger charge is 2.15. The molecule has 0 amide bonds. The van der Waals surface area contributed by atoms with Gasteiger partial charge in [-0.25, -0.2) is 0 Å². The van der Waals surface area contributed by atoms with Gasteiger partial charge in [0, 0.05) is 6.04 Å². The lowest BCUT2D eigenvalue weighted by atomic mass is 9.91. The van der Waals surface area contributed by atoms with Crippen LogP contribution in [0.1, 0.15) is 42.9 Å². The molecule has 1 rings (SSSR count). The van der Waals surface area contributed by atoms with E-state index in [1.54, 1.807) is 0 Å². The molecule has 0 aromatic heterocycles. The van der Waals surface area contributed by atoms with Crippen molar-refractivity contribution in [3.8, 4) is 0 Å². The molecule has 0 spiro atoms. The summed E-state index contributed by atoms with van der Waals surface area (Å²) in [5, 5.41) is 9.77. The highest BCUT2D eigenvalue weighted by Crippen LogP contribution is 2.23. The monoisotopic (exact) mass is 221 g/mol. The molecule has 2 nitrogen and oxygen atoms in total. The van der Waals surface area contributed by atoms with Crippen molar-refractivity contribution in [3.05, 3.63) is 34.9 Å². The lowest BCUT2D eigenvalue weighted by Crippen LogP contribution is -2.32. The van der Waals surface area contributed by atoms with Crippen molar-refractivity contribution in [2.24, 2.45) is 5.73 Å². The molecule has 1 aromatic carbocycles. The maximum absolute atomic E-state index is 9.77. The largest absolute Gasteiger partial charge is 0.392 e. The van der Waals surface area contributed by atoms with Crippen LogP contribution in [0.15, 0.2) is 18.2 Å². The number of rotatable bonds is 4. The third kappa shape index (κ3) is 3.62. The van der Waals surface area contributed by atoms with E-state index < -0.39 is 6.10 Å². The summed E-state index contributed by atoms with van der Waals surface area (Å²) in [6.07, 6.45) is 0.302. The molecule has 0 saturated carbocycles. The lowest BCUT2D eigenvalue weighted by molar-refractivity contribution is 0.134. The molecule has 0 saturated heterocycles. The minimum atomic E-state index is -0.421. The third-order valence-corrected chi connectivity index (χ3v) is 3.02. The van der Waals surface area contributed by atoms with Gasteiger partial charge in [-0.3, -0.25) is 0 Å². The first-order valence-corrected chi connectivity index (χ1v) is 5.92. The molecular formula is C14H23NO. The van der Waals surface area contributed by atoms with E-state index >= 15 is 0 Å². The Bertz CT molecular complexity index is 326. The summed E-state index contributed by atoms with van der Waals surface area (Å²) in [7, 11) is 0. The molecule has 16 heavy (non-hydrogen) atoms. The molecule has 2 heteroatoms. The summed E-state index contributed by atoms with van der Waals surface area (Å²) in [6, 6.07) is 6.38. The smallest absolute Gasteiger partial charge is 0.0694 e. The number of nitrogens with two attached hydrogens (primary N) is 1. The van der Waals surface area contributed by atoms with E-state index in [2.05, 4.69) is 39.0 Å². The van der Waals surface area contributed by atoms with Crippen LogP contribution in [0.2, 0.25) is 0 Å². The zero-order valence-corrected chi connectivity index (χ0v) is 10.7. The van der Waals surface area contributed by atoms with E-state index in [0.29, 0.717) is 5.92 Å². The van der Waals surface area contributed by atoms with Crippen molar-refractivity contribution in [1.29, 1.82) is 0 Å². The van der Waals surface area contributed by atoms with E-state index in [9.17, 15) is 5.11 Å². The van der Waals surface area contributed by atoms with E-state index in [-0.39, 0.29) is 6.04 Å². The number of aryl methyl sites for hydroxylation is 2. The lowest BCUT2D eigenvalue weighted by Gasteiger charge is -2.20. The average Bonchev–Trinajstić information content (AvgIpc) is 2.15. The SMILES string of the molecule is Cc1cc(C)cc(C(C)CC(O)C(C)N)c1. The van der Waals surface area contributed by atoms with Crippen LogP contribution in [0, 0.1) is 13.8 Å². The molecule has 90 valence electrons. The molecule has 3 unspecified atom stereocenters. The second-order valence-corrected chi connectivity index (χ2v) is 4.98. The highest BCUT2D eigenvalue weighted by molar-refractivity contribution is 5.30. The topological polar surface area (TPSA) is 46.2 Å². The van der Waals surface area contributed by atoms with Crippen LogP contribution >= 0.6 is 0 Å². The van der Waals surface area contributed by atoms with Crippen molar-refractivity contribution in [2.75, 3.05) is 0 Å².